The quantitative estimate of drug-likeness (QED) is 0.849. The maximum absolute atomic E-state index is 11.0. The lowest BCUT2D eigenvalue weighted by Gasteiger charge is -2.08. The Hall–Kier alpha value is -2.30. The van der Waals surface area contributed by atoms with Crippen LogP contribution in [0.4, 0.5) is 11.6 Å². The highest BCUT2D eigenvalue weighted by Crippen LogP contribution is 2.18. The number of carboxylic acid groups (broad SMARTS) is 1. The van der Waals surface area contributed by atoms with Crippen LogP contribution in [-0.4, -0.2) is 20.6 Å². The molecule has 0 radical (unpaired) electrons. The second-order valence-electron chi connectivity index (χ2n) is 3.82. The largest absolute Gasteiger partial charge is 0.478 e. The Morgan fingerprint density at radius 3 is 2.82 bits per heavy atom. The predicted molar refractivity (Wildman–Crippen MR) is 64.6 cm³/mol. The van der Waals surface area contributed by atoms with Gasteiger partial charge in [0.05, 0.1) is 5.56 Å². The molecular formula is C12H13N3O2. The Labute approximate surface area is 98.7 Å². The van der Waals surface area contributed by atoms with Crippen LogP contribution in [0.1, 0.15) is 15.9 Å². The fourth-order valence-corrected chi connectivity index (χ4v) is 1.55. The number of rotatable bonds is 3. The SMILES string of the molecule is Cc1ccc(Nc2nccn2C)cc1C(=O)O. The third-order valence-corrected chi connectivity index (χ3v) is 2.55. The molecule has 1 heterocycles. The van der Waals surface area contributed by atoms with Crippen LogP contribution in [0.5, 0.6) is 0 Å². The predicted octanol–water partition coefficient (Wildman–Crippen LogP) is 2.17. The van der Waals surface area contributed by atoms with Crippen molar-refractivity contribution in [1.82, 2.24) is 9.55 Å². The van der Waals surface area contributed by atoms with Crippen molar-refractivity contribution >= 4 is 17.6 Å². The van der Waals surface area contributed by atoms with Gasteiger partial charge in [0.25, 0.3) is 0 Å². The minimum atomic E-state index is -0.925. The lowest BCUT2D eigenvalue weighted by Crippen LogP contribution is -2.03. The number of imidazole rings is 1. The summed E-state index contributed by atoms with van der Waals surface area (Å²) in [7, 11) is 1.86. The number of nitrogens with zero attached hydrogens (tertiary/aromatic N) is 2. The van der Waals surface area contributed by atoms with E-state index < -0.39 is 5.97 Å². The van der Waals surface area contributed by atoms with Crippen LogP contribution in [0.3, 0.4) is 0 Å². The van der Waals surface area contributed by atoms with E-state index in [1.807, 2.05) is 23.9 Å². The summed E-state index contributed by atoms with van der Waals surface area (Å²) in [6.07, 6.45) is 3.49. The highest BCUT2D eigenvalue weighted by molar-refractivity contribution is 5.90. The summed E-state index contributed by atoms with van der Waals surface area (Å²) < 4.78 is 1.82. The van der Waals surface area contributed by atoms with Crippen LogP contribution in [0.15, 0.2) is 30.6 Å². The number of carbonyl (C=O) groups is 1. The van der Waals surface area contributed by atoms with E-state index in [2.05, 4.69) is 10.3 Å². The lowest BCUT2D eigenvalue weighted by atomic mass is 10.1. The number of hydrogen-bond acceptors (Lipinski definition) is 3. The van der Waals surface area contributed by atoms with E-state index in [0.29, 0.717) is 17.2 Å². The highest BCUT2D eigenvalue weighted by Gasteiger charge is 2.08. The van der Waals surface area contributed by atoms with E-state index >= 15 is 0 Å². The molecule has 5 heteroatoms. The van der Waals surface area contributed by atoms with Gasteiger partial charge in [-0.25, -0.2) is 9.78 Å². The smallest absolute Gasteiger partial charge is 0.336 e. The van der Waals surface area contributed by atoms with Gasteiger partial charge in [0.1, 0.15) is 0 Å². The zero-order valence-electron chi connectivity index (χ0n) is 9.64. The topological polar surface area (TPSA) is 67.2 Å². The van der Waals surface area contributed by atoms with Crippen molar-refractivity contribution in [2.75, 3.05) is 5.32 Å². The Bertz CT molecular complexity index is 561. The molecule has 0 amide bonds. The molecule has 2 N–H and O–H groups in total. The molecule has 0 unspecified atom stereocenters. The van der Waals surface area contributed by atoms with Gasteiger partial charge in [0.15, 0.2) is 0 Å². The summed E-state index contributed by atoms with van der Waals surface area (Å²) in [4.78, 5) is 15.1. The fraction of sp³-hybridized carbons (Fsp3) is 0.167. The van der Waals surface area contributed by atoms with Crippen molar-refractivity contribution in [2.45, 2.75) is 6.92 Å². The van der Waals surface area contributed by atoms with Crippen LogP contribution in [-0.2, 0) is 7.05 Å². The Morgan fingerprint density at radius 1 is 1.47 bits per heavy atom. The molecule has 0 bridgehead atoms. The maximum Gasteiger partial charge on any atom is 0.336 e. The molecule has 1 aromatic carbocycles. The van der Waals surface area contributed by atoms with Gasteiger partial charge in [0.2, 0.25) is 5.95 Å². The van der Waals surface area contributed by atoms with E-state index in [1.165, 1.54) is 0 Å². The molecule has 0 aliphatic heterocycles. The number of nitrogens with one attached hydrogen (secondary N) is 1. The van der Waals surface area contributed by atoms with Crippen LogP contribution in [0.2, 0.25) is 0 Å². The molecule has 2 aromatic rings. The van der Waals surface area contributed by atoms with Crippen LogP contribution in [0.25, 0.3) is 0 Å². The molecule has 17 heavy (non-hydrogen) atoms. The van der Waals surface area contributed by atoms with Gasteiger partial charge in [-0.05, 0) is 24.6 Å². The molecule has 0 spiro atoms. The molecule has 5 nitrogen and oxygen atoms in total. The van der Waals surface area contributed by atoms with Crippen LogP contribution in [0, 0.1) is 6.92 Å². The summed E-state index contributed by atoms with van der Waals surface area (Å²) in [5.41, 5.74) is 1.74. The summed E-state index contributed by atoms with van der Waals surface area (Å²) in [5.74, 6) is -0.254. The minimum absolute atomic E-state index is 0.296. The van der Waals surface area contributed by atoms with E-state index in [-0.39, 0.29) is 0 Å². The average Bonchev–Trinajstić information content (AvgIpc) is 2.67. The first-order chi connectivity index (χ1) is 8.08. The fourth-order valence-electron chi connectivity index (χ4n) is 1.55. The van der Waals surface area contributed by atoms with Crippen molar-refractivity contribution in [3.8, 4) is 0 Å². The molecule has 0 fully saturated rings. The van der Waals surface area contributed by atoms with Crippen molar-refractivity contribution in [3.63, 3.8) is 0 Å². The lowest BCUT2D eigenvalue weighted by molar-refractivity contribution is 0.0696. The molecule has 0 saturated heterocycles. The van der Waals surface area contributed by atoms with Gasteiger partial charge in [-0.2, -0.15) is 0 Å². The number of aromatic nitrogens is 2. The second kappa shape index (κ2) is 4.29. The standard InChI is InChI=1S/C12H13N3O2/c1-8-3-4-9(7-10(8)11(16)17)14-12-13-5-6-15(12)2/h3-7H,1-2H3,(H,13,14)(H,16,17). The van der Waals surface area contributed by atoms with E-state index in [0.717, 1.165) is 5.56 Å². The maximum atomic E-state index is 11.0. The highest BCUT2D eigenvalue weighted by atomic mass is 16.4. The second-order valence-corrected chi connectivity index (χ2v) is 3.82. The van der Waals surface area contributed by atoms with Gasteiger partial charge in [-0.1, -0.05) is 6.07 Å². The van der Waals surface area contributed by atoms with Crippen molar-refractivity contribution in [3.05, 3.63) is 41.7 Å². The average molecular weight is 231 g/mol. The Morgan fingerprint density at radius 2 is 2.24 bits per heavy atom. The first-order valence-electron chi connectivity index (χ1n) is 5.16. The summed E-state index contributed by atoms with van der Waals surface area (Å²) in [6.45, 7) is 1.77. The van der Waals surface area contributed by atoms with Crippen molar-refractivity contribution in [1.29, 1.82) is 0 Å². The number of anilines is 2. The molecule has 0 aliphatic rings. The summed E-state index contributed by atoms with van der Waals surface area (Å²) >= 11 is 0. The Kier molecular flexibility index (Phi) is 2.82. The van der Waals surface area contributed by atoms with Crippen molar-refractivity contribution < 1.29 is 9.90 Å². The van der Waals surface area contributed by atoms with E-state index in [1.54, 1.807) is 25.3 Å². The van der Waals surface area contributed by atoms with Gasteiger partial charge in [-0.15, -0.1) is 0 Å². The van der Waals surface area contributed by atoms with Gasteiger partial charge in [-0.3, -0.25) is 0 Å². The number of aromatic carboxylic acids is 1. The molecule has 0 atom stereocenters. The monoisotopic (exact) mass is 231 g/mol. The first kappa shape index (κ1) is 11.2. The summed E-state index contributed by atoms with van der Waals surface area (Å²) in [6, 6.07) is 5.21. The van der Waals surface area contributed by atoms with Crippen LogP contribution >= 0.6 is 0 Å². The number of benzene rings is 1. The molecule has 0 aliphatic carbocycles. The summed E-state index contributed by atoms with van der Waals surface area (Å²) in [5, 5.41) is 12.1. The van der Waals surface area contributed by atoms with E-state index in [4.69, 9.17) is 5.11 Å². The van der Waals surface area contributed by atoms with Gasteiger partial charge < -0.3 is 15.0 Å². The zero-order chi connectivity index (χ0) is 12.4. The number of aryl methyl sites for hydroxylation is 2. The Balaban J connectivity index is 2.32. The first-order valence-corrected chi connectivity index (χ1v) is 5.16. The van der Waals surface area contributed by atoms with Crippen molar-refractivity contribution in [2.24, 2.45) is 7.05 Å². The van der Waals surface area contributed by atoms with E-state index in [9.17, 15) is 4.79 Å². The molecule has 0 saturated carbocycles. The molecule has 1 aromatic heterocycles. The van der Waals surface area contributed by atoms with Gasteiger partial charge >= 0.3 is 5.97 Å². The normalized spacial score (nSPS) is 10.2. The zero-order valence-corrected chi connectivity index (χ0v) is 9.64. The minimum Gasteiger partial charge on any atom is -0.478 e. The number of hydrogen-bond donors (Lipinski definition) is 2. The third kappa shape index (κ3) is 2.28. The van der Waals surface area contributed by atoms with Crippen LogP contribution < -0.4 is 5.32 Å². The molecular weight excluding hydrogens is 218 g/mol. The third-order valence-electron chi connectivity index (χ3n) is 2.55. The van der Waals surface area contributed by atoms with Gasteiger partial charge in [0, 0.05) is 25.1 Å². The molecule has 88 valence electrons. The molecule has 2 rings (SSSR count). The number of carboxylic acids is 1.